The molecule has 1 rings (SSSR count). The van der Waals surface area contributed by atoms with E-state index in [-0.39, 0.29) is 0 Å². The van der Waals surface area contributed by atoms with E-state index in [0.717, 1.165) is 19.6 Å². The van der Waals surface area contributed by atoms with Gasteiger partial charge in [0.1, 0.15) is 0 Å². The summed E-state index contributed by atoms with van der Waals surface area (Å²) >= 11 is 0. The zero-order valence-electron chi connectivity index (χ0n) is 12.1. The third kappa shape index (κ3) is 4.00. The quantitative estimate of drug-likeness (QED) is 0.807. The molecule has 0 saturated heterocycles. The van der Waals surface area contributed by atoms with Gasteiger partial charge in [-0.05, 0) is 57.0 Å². The Morgan fingerprint density at radius 2 is 2.06 bits per heavy atom. The minimum absolute atomic E-state index is 0.472. The molecule has 0 fully saturated rings. The van der Waals surface area contributed by atoms with Crippen molar-refractivity contribution in [2.45, 2.75) is 33.2 Å². The molecule has 0 amide bonds. The van der Waals surface area contributed by atoms with E-state index in [1.165, 1.54) is 16.8 Å². The van der Waals surface area contributed by atoms with Crippen molar-refractivity contribution < 1.29 is 4.74 Å². The Kier molecular flexibility index (Phi) is 6.16. The summed E-state index contributed by atoms with van der Waals surface area (Å²) in [5.74, 6) is 0. The molecule has 0 atom stereocenters. The first-order chi connectivity index (χ1) is 8.60. The van der Waals surface area contributed by atoms with Crippen LogP contribution in [0.25, 0.3) is 0 Å². The summed E-state index contributed by atoms with van der Waals surface area (Å²) in [6, 6.07) is 7.11. The van der Waals surface area contributed by atoms with E-state index in [1.54, 1.807) is 7.11 Å². The van der Waals surface area contributed by atoms with Crippen LogP contribution in [-0.2, 0) is 11.2 Å². The molecule has 0 aromatic heterocycles. The van der Waals surface area contributed by atoms with Crippen molar-refractivity contribution in [2.75, 3.05) is 31.7 Å². The lowest BCUT2D eigenvalue weighted by Gasteiger charge is -2.29. The van der Waals surface area contributed by atoms with E-state index < -0.39 is 0 Å². The molecule has 0 aliphatic rings. The van der Waals surface area contributed by atoms with Crippen molar-refractivity contribution in [3.63, 3.8) is 0 Å². The average molecular weight is 250 g/mol. The fourth-order valence-electron chi connectivity index (χ4n) is 2.17. The predicted octanol–water partition coefficient (Wildman–Crippen LogP) is 2.36. The smallest absolute Gasteiger partial charge is 0.0637 e. The number of nitrogens with zero attached hydrogens (tertiary/aromatic N) is 1. The molecular weight excluding hydrogens is 224 g/mol. The van der Waals surface area contributed by atoms with Gasteiger partial charge >= 0.3 is 0 Å². The Labute approximate surface area is 111 Å². The van der Waals surface area contributed by atoms with Gasteiger partial charge in [0.2, 0.25) is 0 Å². The number of ether oxygens (including phenoxy) is 1. The van der Waals surface area contributed by atoms with Crippen LogP contribution in [0.2, 0.25) is 0 Å². The topological polar surface area (TPSA) is 38.5 Å². The highest BCUT2D eigenvalue weighted by Crippen LogP contribution is 2.21. The first-order valence-electron chi connectivity index (χ1n) is 6.65. The Bertz CT molecular complexity index is 364. The summed E-state index contributed by atoms with van der Waals surface area (Å²) in [4.78, 5) is 2.36. The number of methoxy groups -OCH3 is 1. The molecule has 0 bridgehead atoms. The second-order valence-electron chi connectivity index (χ2n) is 4.93. The monoisotopic (exact) mass is 250 g/mol. The summed E-state index contributed by atoms with van der Waals surface area (Å²) in [7, 11) is 1.74. The second-order valence-corrected chi connectivity index (χ2v) is 4.93. The van der Waals surface area contributed by atoms with Crippen LogP contribution in [-0.4, -0.2) is 32.8 Å². The van der Waals surface area contributed by atoms with Gasteiger partial charge in [0.15, 0.2) is 0 Å². The molecule has 2 N–H and O–H groups in total. The zero-order chi connectivity index (χ0) is 13.5. The van der Waals surface area contributed by atoms with Crippen LogP contribution in [0.15, 0.2) is 18.2 Å². The van der Waals surface area contributed by atoms with E-state index in [0.29, 0.717) is 12.6 Å². The maximum atomic E-state index is 5.61. The molecule has 18 heavy (non-hydrogen) atoms. The summed E-state index contributed by atoms with van der Waals surface area (Å²) in [5.41, 5.74) is 9.54. The minimum atomic E-state index is 0.472. The zero-order valence-corrected chi connectivity index (χ0v) is 12.1. The number of benzene rings is 1. The van der Waals surface area contributed by atoms with Gasteiger partial charge < -0.3 is 15.4 Å². The van der Waals surface area contributed by atoms with Crippen LogP contribution in [0.3, 0.4) is 0 Å². The maximum Gasteiger partial charge on any atom is 0.0637 e. The normalized spacial score (nSPS) is 11.0. The molecular formula is C15H26N2O. The lowest BCUT2D eigenvalue weighted by Crippen LogP contribution is -2.33. The van der Waals surface area contributed by atoms with E-state index in [1.807, 2.05) is 0 Å². The van der Waals surface area contributed by atoms with Crippen molar-refractivity contribution in [3.8, 4) is 0 Å². The Hall–Kier alpha value is -1.06. The average Bonchev–Trinajstić information content (AvgIpc) is 2.32. The summed E-state index contributed by atoms with van der Waals surface area (Å²) in [6.45, 7) is 8.95. The fourth-order valence-corrected chi connectivity index (χ4v) is 2.17. The molecule has 0 spiro atoms. The number of anilines is 1. The van der Waals surface area contributed by atoms with Gasteiger partial charge in [-0.1, -0.05) is 6.07 Å². The largest absolute Gasteiger partial charge is 0.383 e. The first kappa shape index (κ1) is 15.0. The van der Waals surface area contributed by atoms with Gasteiger partial charge in [-0.3, -0.25) is 0 Å². The van der Waals surface area contributed by atoms with Gasteiger partial charge in [-0.2, -0.15) is 0 Å². The Morgan fingerprint density at radius 1 is 1.33 bits per heavy atom. The van der Waals surface area contributed by atoms with Crippen molar-refractivity contribution in [2.24, 2.45) is 5.73 Å². The number of hydrogen-bond donors (Lipinski definition) is 1. The van der Waals surface area contributed by atoms with Crippen molar-refractivity contribution in [1.82, 2.24) is 0 Å². The fraction of sp³-hybridized carbons (Fsp3) is 0.600. The van der Waals surface area contributed by atoms with E-state index in [9.17, 15) is 0 Å². The minimum Gasteiger partial charge on any atom is -0.383 e. The third-order valence-corrected chi connectivity index (χ3v) is 3.23. The molecule has 0 aliphatic carbocycles. The molecule has 3 heteroatoms. The number of aryl methyl sites for hydroxylation is 1. The van der Waals surface area contributed by atoms with Crippen LogP contribution < -0.4 is 10.6 Å². The summed E-state index contributed by atoms with van der Waals surface area (Å²) < 4.78 is 5.18. The molecule has 0 heterocycles. The lowest BCUT2D eigenvalue weighted by atomic mass is 10.0. The third-order valence-electron chi connectivity index (χ3n) is 3.23. The van der Waals surface area contributed by atoms with Gasteiger partial charge in [-0.15, -0.1) is 0 Å². The molecule has 0 radical (unpaired) electrons. The summed E-state index contributed by atoms with van der Waals surface area (Å²) in [5, 5.41) is 0. The molecule has 3 nitrogen and oxygen atoms in total. The van der Waals surface area contributed by atoms with Crippen molar-refractivity contribution in [3.05, 3.63) is 29.3 Å². The molecule has 1 aromatic rings. The number of hydrogen-bond acceptors (Lipinski definition) is 3. The van der Waals surface area contributed by atoms with Gasteiger partial charge in [0.25, 0.3) is 0 Å². The van der Waals surface area contributed by atoms with Gasteiger partial charge in [0, 0.05) is 25.4 Å². The highest BCUT2D eigenvalue weighted by molar-refractivity contribution is 5.51. The molecule has 0 saturated carbocycles. The van der Waals surface area contributed by atoms with Crippen LogP contribution in [0.1, 0.15) is 25.0 Å². The molecule has 0 unspecified atom stereocenters. The molecule has 102 valence electrons. The first-order valence-corrected chi connectivity index (χ1v) is 6.65. The molecule has 0 aliphatic heterocycles. The van der Waals surface area contributed by atoms with Crippen LogP contribution in [0.4, 0.5) is 5.69 Å². The highest BCUT2D eigenvalue weighted by atomic mass is 16.5. The van der Waals surface area contributed by atoms with E-state index >= 15 is 0 Å². The van der Waals surface area contributed by atoms with Crippen LogP contribution in [0, 0.1) is 6.92 Å². The van der Waals surface area contributed by atoms with Gasteiger partial charge in [0.05, 0.1) is 6.61 Å². The van der Waals surface area contributed by atoms with E-state index in [4.69, 9.17) is 10.5 Å². The number of nitrogens with two attached hydrogens (primary N) is 1. The van der Waals surface area contributed by atoms with Crippen molar-refractivity contribution in [1.29, 1.82) is 0 Å². The molecule has 1 aromatic carbocycles. The van der Waals surface area contributed by atoms with E-state index in [2.05, 4.69) is 43.9 Å². The maximum absolute atomic E-state index is 5.61. The SMILES string of the molecule is COCCN(c1ccc(CCN)c(C)c1)C(C)C. The standard InChI is InChI=1S/C15H26N2O/c1-12(2)17(9-10-18-4)15-6-5-14(7-8-16)13(3)11-15/h5-6,11-12H,7-10,16H2,1-4H3. The lowest BCUT2D eigenvalue weighted by molar-refractivity contribution is 0.204. The predicted molar refractivity (Wildman–Crippen MR) is 78.3 cm³/mol. The van der Waals surface area contributed by atoms with Crippen LogP contribution >= 0.6 is 0 Å². The Morgan fingerprint density at radius 3 is 2.56 bits per heavy atom. The Balaban J connectivity index is 2.88. The number of rotatable bonds is 7. The highest BCUT2D eigenvalue weighted by Gasteiger charge is 2.11. The van der Waals surface area contributed by atoms with Crippen LogP contribution in [0.5, 0.6) is 0 Å². The van der Waals surface area contributed by atoms with Gasteiger partial charge in [-0.25, -0.2) is 0 Å². The summed E-state index contributed by atoms with van der Waals surface area (Å²) in [6.07, 6.45) is 0.950. The van der Waals surface area contributed by atoms with Crippen molar-refractivity contribution >= 4 is 5.69 Å². The second kappa shape index (κ2) is 7.39.